The van der Waals surface area contributed by atoms with Crippen molar-refractivity contribution < 1.29 is 23.9 Å². The Bertz CT molecular complexity index is 1010. The molecule has 0 unspecified atom stereocenters. The molecular formula is C23H23N3O5S. The second-order valence-corrected chi connectivity index (χ2v) is 8.27. The fraction of sp³-hybridized carbons (Fsp3) is 0.261. The quantitative estimate of drug-likeness (QED) is 0.289. The molecule has 2 aromatic carbocycles. The molecule has 1 aromatic heterocycles. The average molecular weight is 454 g/mol. The highest BCUT2D eigenvalue weighted by Gasteiger charge is 2.26. The molecule has 0 amide bonds. The smallest absolute Gasteiger partial charge is 0.365 e. The molecule has 0 atom stereocenters. The van der Waals surface area contributed by atoms with Crippen molar-refractivity contribution in [2.75, 3.05) is 6.61 Å². The summed E-state index contributed by atoms with van der Waals surface area (Å²) in [7, 11) is 0. The zero-order chi connectivity index (χ0) is 23.0. The van der Waals surface area contributed by atoms with Crippen LogP contribution >= 0.6 is 11.5 Å². The van der Waals surface area contributed by atoms with Crippen LogP contribution in [0.1, 0.15) is 43.8 Å². The highest BCUT2D eigenvalue weighted by atomic mass is 32.1. The standard InChI is InChI=1S/C23H23N3O5S/c1-23(2,3)31-18(27)14-29-25-19(21-24-15-32-26-21)22(28)30-20(16-10-6-4-7-11-16)17-12-8-5-9-13-17/h4-13,15,20H,14H2,1-3H3. The Hall–Kier alpha value is -3.59. The van der Waals surface area contributed by atoms with Gasteiger partial charge in [-0.1, -0.05) is 65.8 Å². The summed E-state index contributed by atoms with van der Waals surface area (Å²) in [6.07, 6.45) is -0.681. The van der Waals surface area contributed by atoms with Crippen LogP contribution in [0, 0.1) is 0 Å². The van der Waals surface area contributed by atoms with Gasteiger partial charge in [0.1, 0.15) is 11.1 Å². The maximum Gasteiger partial charge on any atom is 0.365 e. The molecule has 0 N–H and O–H groups in total. The van der Waals surface area contributed by atoms with Gasteiger partial charge in [-0.3, -0.25) is 0 Å². The van der Waals surface area contributed by atoms with Crippen molar-refractivity contribution in [3.05, 3.63) is 83.1 Å². The normalized spacial score (nSPS) is 11.8. The molecule has 8 nitrogen and oxygen atoms in total. The first kappa shape index (κ1) is 23.1. The number of hydrogen-bond donors (Lipinski definition) is 0. The Labute approximate surface area is 190 Å². The Morgan fingerprint density at radius 3 is 2.09 bits per heavy atom. The van der Waals surface area contributed by atoms with Gasteiger partial charge in [0.05, 0.1) is 0 Å². The van der Waals surface area contributed by atoms with Gasteiger partial charge in [0.25, 0.3) is 0 Å². The molecule has 0 fully saturated rings. The SMILES string of the molecule is CC(C)(C)OC(=O)CON=C(C(=O)OC(c1ccccc1)c1ccccc1)c1ncsn1. The molecule has 0 aliphatic carbocycles. The molecule has 0 aliphatic heterocycles. The van der Waals surface area contributed by atoms with Crippen LogP contribution in [0.4, 0.5) is 0 Å². The van der Waals surface area contributed by atoms with Gasteiger partial charge < -0.3 is 14.3 Å². The molecule has 0 spiro atoms. The monoisotopic (exact) mass is 453 g/mol. The third-order valence-electron chi connectivity index (χ3n) is 3.95. The molecule has 0 saturated heterocycles. The van der Waals surface area contributed by atoms with E-state index in [4.69, 9.17) is 14.3 Å². The lowest BCUT2D eigenvalue weighted by molar-refractivity contribution is -0.160. The Morgan fingerprint density at radius 1 is 1.00 bits per heavy atom. The lowest BCUT2D eigenvalue weighted by atomic mass is 10.0. The highest BCUT2D eigenvalue weighted by Crippen LogP contribution is 2.26. The van der Waals surface area contributed by atoms with E-state index in [9.17, 15) is 9.59 Å². The molecule has 32 heavy (non-hydrogen) atoms. The predicted octanol–water partition coefficient (Wildman–Crippen LogP) is 3.93. The van der Waals surface area contributed by atoms with Crippen molar-refractivity contribution >= 4 is 29.2 Å². The van der Waals surface area contributed by atoms with E-state index in [0.717, 1.165) is 22.7 Å². The number of oxime groups is 1. The van der Waals surface area contributed by atoms with Gasteiger partial charge in [-0.15, -0.1) is 0 Å². The Balaban J connectivity index is 1.81. The third kappa shape index (κ3) is 6.71. The van der Waals surface area contributed by atoms with Crippen LogP contribution in [0.2, 0.25) is 0 Å². The van der Waals surface area contributed by atoms with Gasteiger partial charge in [-0.25, -0.2) is 14.6 Å². The molecule has 3 aromatic rings. The molecule has 1 heterocycles. The van der Waals surface area contributed by atoms with Crippen molar-refractivity contribution in [3.63, 3.8) is 0 Å². The summed E-state index contributed by atoms with van der Waals surface area (Å²) < 4.78 is 15.0. The molecule has 0 saturated carbocycles. The molecule has 0 aliphatic rings. The van der Waals surface area contributed by atoms with Gasteiger partial charge in [0.2, 0.25) is 18.1 Å². The second kappa shape index (κ2) is 10.6. The zero-order valence-corrected chi connectivity index (χ0v) is 18.7. The number of hydrogen-bond acceptors (Lipinski definition) is 9. The zero-order valence-electron chi connectivity index (χ0n) is 17.9. The minimum absolute atomic E-state index is 0.0454. The number of ether oxygens (including phenoxy) is 2. The first-order valence-electron chi connectivity index (χ1n) is 9.83. The number of carbonyl (C=O) groups excluding carboxylic acids is 2. The fourth-order valence-corrected chi connectivity index (χ4v) is 3.14. The first-order valence-corrected chi connectivity index (χ1v) is 10.7. The predicted molar refractivity (Wildman–Crippen MR) is 119 cm³/mol. The fourth-order valence-electron chi connectivity index (χ4n) is 2.71. The van der Waals surface area contributed by atoms with Gasteiger partial charge in [0.15, 0.2) is 6.10 Å². The van der Waals surface area contributed by atoms with Gasteiger partial charge in [0, 0.05) is 0 Å². The Morgan fingerprint density at radius 2 is 1.59 bits per heavy atom. The average Bonchev–Trinajstić information content (AvgIpc) is 3.29. The lowest BCUT2D eigenvalue weighted by Crippen LogP contribution is -2.27. The van der Waals surface area contributed by atoms with Crippen molar-refractivity contribution in [1.29, 1.82) is 0 Å². The van der Waals surface area contributed by atoms with E-state index in [2.05, 4.69) is 14.5 Å². The van der Waals surface area contributed by atoms with Crippen LogP contribution in [-0.4, -0.2) is 39.2 Å². The summed E-state index contributed by atoms with van der Waals surface area (Å²) >= 11 is 1.05. The van der Waals surface area contributed by atoms with E-state index in [1.165, 1.54) is 5.51 Å². The van der Waals surface area contributed by atoms with Crippen molar-refractivity contribution in [1.82, 2.24) is 9.36 Å². The summed E-state index contributed by atoms with van der Waals surface area (Å²) in [4.78, 5) is 34.1. The maximum atomic E-state index is 13.1. The number of rotatable bonds is 8. The van der Waals surface area contributed by atoms with E-state index in [-0.39, 0.29) is 11.5 Å². The van der Waals surface area contributed by atoms with E-state index < -0.39 is 30.3 Å². The molecule has 9 heteroatoms. The van der Waals surface area contributed by atoms with Crippen molar-refractivity contribution in [3.8, 4) is 0 Å². The second-order valence-electron chi connectivity index (χ2n) is 7.66. The van der Waals surface area contributed by atoms with Gasteiger partial charge in [-0.2, -0.15) is 4.37 Å². The summed E-state index contributed by atoms with van der Waals surface area (Å²) in [5, 5.41) is 3.80. The maximum absolute atomic E-state index is 13.1. The van der Waals surface area contributed by atoms with Gasteiger partial charge in [-0.05, 0) is 43.4 Å². The van der Waals surface area contributed by atoms with Crippen LogP contribution in [0.25, 0.3) is 0 Å². The summed E-state index contributed by atoms with van der Waals surface area (Å²) in [5.41, 5.74) is 2.12. The van der Waals surface area contributed by atoms with E-state index in [1.807, 2.05) is 60.7 Å². The molecular weight excluding hydrogens is 430 g/mol. The van der Waals surface area contributed by atoms with E-state index >= 15 is 0 Å². The van der Waals surface area contributed by atoms with Crippen LogP contribution in [-0.2, 0) is 23.9 Å². The van der Waals surface area contributed by atoms with Crippen LogP contribution in [0.5, 0.6) is 0 Å². The minimum atomic E-state index is -0.787. The first-order chi connectivity index (χ1) is 15.3. The summed E-state index contributed by atoms with van der Waals surface area (Å²) in [6.45, 7) is 4.75. The molecule has 3 rings (SSSR count). The minimum Gasteiger partial charge on any atom is -0.457 e. The number of aromatic nitrogens is 2. The molecule has 166 valence electrons. The lowest BCUT2D eigenvalue weighted by Gasteiger charge is -2.19. The number of benzene rings is 2. The van der Waals surface area contributed by atoms with E-state index in [1.54, 1.807) is 20.8 Å². The van der Waals surface area contributed by atoms with Crippen LogP contribution in [0.3, 0.4) is 0 Å². The Kier molecular flexibility index (Phi) is 7.67. The van der Waals surface area contributed by atoms with Crippen LogP contribution < -0.4 is 0 Å². The third-order valence-corrected chi connectivity index (χ3v) is 4.43. The summed E-state index contributed by atoms with van der Waals surface area (Å²) in [5.74, 6) is -1.36. The molecule has 0 bridgehead atoms. The largest absolute Gasteiger partial charge is 0.457 e. The number of carbonyl (C=O) groups is 2. The van der Waals surface area contributed by atoms with Crippen LogP contribution in [0.15, 0.2) is 71.3 Å². The summed E-state index contributed by atoms with van der Waals surface area (Å²) in [6, 6.07) is 18.7. The number of nitrogens with zero attached hydrogens (tertiary/aromatic N) is 3. The highest BCUT2D eigenvalue weighted by molar-refractivity contribution is 7.03. The van der Waals surface area contributed by atoms with Gasteiger partial charge >= 0.3 is 11.9 Å². The van der Waals surface area contributed by atoms with Crippen molar-refractivity contribution in [2.45, 2.75) is 32.5 Å². The molecule has 0 radical (unpaired) electrons. The van der Waals surface area contributed by atoms with E-state index in [0.29, 0.717) is 0 Å². The van der Waals surface area contributed by atoms with Crippen molar-refractivity contribution in [2.24, 2.45) is 5.16 Å². The topological polar surface area (TPSA) is 100.0 Å². The number of esters is 2.